The monoisotopic (exact) mass is 228 g/mol. The van der Waals surface area contributed by atoms with Crippen LogP contribution in [-0.2, 0) is 0 Å². The van der Waals surface area contributed by atoms with E-state index < -0.39 is 0 Å². The number of likely N-dealkylation sites (tertiary alicyclic amines) is 1. The van der Waals surface area contributed by atoms with Gasteiger partial charge in [-0.1, -0.05) is 26.1 Å². The molecule has 1 heterocycles. The number of nitrogens with two attached hydrogens (primary N) is 1. The van der Waals surface area contributed by atoms with Gasteiger partial charge in [-0.3, -0.25) is 4.90 Å². The summed E-state index contributed by atoms with van der Waals surface area (Å²) >= 11 is 5.09. The van der Waals surface area contributed by atoms with E-state index in [0.717, 1.165) is 13.0 Å². The summed E-state index contributed by atoms with van der Waals surface area (Å²) < 4.78 is 0. The first-order valence-electron chi connectivity index (χ1n) is 5.81. The van der Waals surface area contributed by atoms with Crippen molar-refractivity contribution in [2.24, 2.45) is 11.1 Å². The molecule has 0 aromatic heterocycles. The predicted molar refractivity (Wildman–Crippen MR) is 70.1 cm³/mol. The zero-order valence-electron chi connectivity index (χ0n) is 10.5. The largest absolute Gasteiger partial charge is 0.393 e. The molecule has 3 heteroatoms. The normalized spacial score (nSPS) is 21.9. The van der Waals surface area contributed by atoms with E-state index in [2.05, 4.69) is 32.6 Å². The van der Waals surface area contributed by atoms with Gasteiger partial charge in [0.05, 0.1) is 4.99 Å². The van der Waals surface area contributed by atoms with Crippen molar-refractivity contribution in [3.05, 3.63) is 0 Å². The van der Waals surface area contributed by atoms with E-state index in [1.807, 2.05) is 0 Å². The summed E-state index contributed by atoms with van der Waals surface area (Å²) in [7, 11) is 0. The number of hydrogen-bond donors (Lipinski definition) is 1. The van der Waals surface area contributed by atoms with Crippen LogP contribution in [-0.4, -0.2) is 28.5 Å². The van der Waals surface area contributed by atoms with E-state index in [1.54, 1.807) is 0 Å². The molecule has 0 unspecified atom stereocenters. The van der Waals surface area contributed by atoms with Crippen molar-refractivity contribution in [1.29, 1.82) is 0 Å². The SMILES string of the molecule is CC(C)(CCN1CCCC1(C)C)C(N)=S. The Labute approximate surface area is 99.2 Å². The summed E-state index contributed by atoms with van der Waals surface area (Å²) in [6.45, 7) is 11.3. The van der Waals surface area contributed by atoms with Gasteiger partial charge in [0.15, 0.2) is 0 Å². The molecule has 2 nitrogen and oxygen atoms in total. The maximum absolute atomic E-state index is 5.74. The average molecular weight is 228 g/mol. The Balaban J connectivity index is 2.47. The van der Waals surface area contributed by atoms with E-state index in [4.69, 9.17) is 18.0 Å². The molecule has 1 fully saturated rings. The van der Waals surface area contributed by atoms with Crippen molar-refractivity contribution >= 4 is 17.2 Å². The van der Waals surface area contributed by atoms with Crippen LogP contribution in [0.1, 0.15) is 47.0 Å². The van der Waals surface area contributed by atoms with Crippen LogP contribution in [0.4, 0.5) is 0 Å². The third-order valence-electron chi connectivity index (χ3n) is 3.75. The summed E-state index contributed by atoms with van der Waals surface area (Å²) in [5, 5.41) is 0. The average Bonchev–Trinajstić information content (AvgIpc) is 2.41. The first kappa shape index (κ1) is 12.9. The third kappa shape index (κ3) is 3.15. The molecule has 0 aromatic rings. The minimum atomic E-state index is -0.00595. The van der Waals surface area contributed by atoms with Crippen LogP contribution in [0.5, 0.6) is 0 Å². The number of thiocarbonyl (C=S) groups is 1. The van der Waals surface area contributed by atoms with Gasteiger partial charge in [0, 0.05) is 11.0 Å². The second-order valence-electron chi connectivity index (χ2n) is 5.90. The Hall–Kier alpha value is -0.150. The summed E-state index contributed by atoms with van der Waals surface area (Å²) in [6, 6.07) is 0. The maximum Gasteiger partial charge on any atom is 0.0784 e. The number of nitrogens with zero attached hydrogens (tertiary/aromatic N) is 1. The second kappa shape index (κ2) is 4.38. The zero-order valence-corrected chi connectivity index (χ0v) is 11.3. The van der Waals surface area contributed by atoms with Crippen LogP contribution in [0, 0.1) is 5.41 Å². The first-order chi connectivity index (χ1) is 6.76. The lowest BCUT2D eigenvalue weighted by atomic mass is 9.88. The molecular weight excluding hydrogens is 204 g/mol. The molecule has 1 aliphatic heterocycles. The van der Waals surface area contributed by atoms with Gasteiger partial charge in [0.25, 0.3) is 0 Å². The predicted octanol–water partition coefficient (Wildman–Crippen LogP) is 2.56. The third-order valence-corrected chi connectivity index (χ3v) is 4.30. The molecule has 0 bridgehead atoms. The van der Waals surface area contributed by atoms with Crippen LogP contribution < -0.4 is 5.73 Å². The second-order valence-corrected chi connectivity index (χ2v) is 6.34. The molecule has 0 spiro atoms. The van der Waals surface area contributed by atoms with E-state index >= 15 is 0 Å². The van der Waals surface area contributed by atoms with Gasteiger partial charge in [-0.05, 0) is 46.2 Å². The van der Waals surface area contributed by atoms with E-state index in [0.29, 0.717) is 10.5 Å². The van der Waals surface area contributed by atoms with Gasteiger partial charge in [0.2, 0.25) is 0 Å². The number of rotatable bonds is 4. The molecule has 88 valence electrons. The van der Waals surface area contributed by atoms with E-state index in [-0.39, 0.29) is 5.41 Å². The molecule has 1 aliphatic rings. The van der Waals surface area contributed by atoms with Crippen molar-refractivity contribution < 1.29 is 0 Å². The van der Waals surface area contributed by atoms with Gasteiger partial charge < -0.3 is 5.73 Å². The fraction of sp³-hybridized carbons (Fsp3) is 0.917. The zero-order chi connectivity index (χ0) is 11.7. The molecule has 0 amide bonds. The lowest BCUT2D eigenvalue weighted by Gasteiger charge is -2.34. The minimum Gasteiger partial charge on any atom is -0.393 e. The van der Waals surface area contributed by atoms with Crippen LogP contribution in [0.3, 0.4) is 0 Å². The fourth-order valence-corrected chi connectivity index (χ4v) is 2.22. The molecule has 1 saturated heterocycles. The molecule has 0 saturated carbocycles. The highest BCUT2D eigenvalue weighted by Gasteiger charge is 2.33. The van der Waals surface area contributed by atoms with Crippen molar-refractivity contribution in [1.82, 2.24) is 4.90 Å². The van der Waals surface area contributed by atoms with Crippen molar-refractivity contribution in [3.63, 3.8) is 0 Å². The molecule has 0 aliphatic carbocycles. The van der Waals surface area contributed by atoms with Crippen LogP contribution in [0.15, 0.2) is 0 Å². The minimum absolute atomic E-state index is 0.00595. The Bertz CT molecular complexity index is 246. The van der Waals surface area contributed by atoms with Gasteiger partial charge >= 0.3 is 0 Å². The molecule has 15 heavy (non-hydrogen) atoms. The quantitative estimate of drug-likeness (QED) is 0.750. The van der Waals surface area contributed by atoms with E-state index in [1.165, 1.54) is 19.4 Å². The summed E-state index contributed by atoms with van der Waals surface area (Å²) in [5.41, 5.74) is 6.10. The van der Waals surface area contributed by atoms with Crippen LogP contribution in [0.25, 0.3) is 0 Å². The van der Waals surface area contributed by atoms with Gasteiger partial charge in [0.1, 0.15) is 0 Å². The Morgan fingerprint density at radius 1 is 1.47 bits per heavy atom. The lowest BCUT2D eigenvalue weighted by Crippen LogP contribution is -2.41. The lowest BCUT2D eigenvalue weighted by molar-refractivity contribution is 0.160. The molecular formula is C12H24N2S. The van der Waals surface area contributed by atoms with Crippen molar-refractivity contribution in [3.8, 4) is 0 Å². The van der Waals surface area contributed by atoms with E-state index in [9.17, 15) is 0 Å². The fourth-order valence-electron chi connectivity index (χ4n) is 2.12. The number of hydrogen-bond acceptors (Lipinski definition) is 2. The molecule has 0 aromatic carbocycles. The smallest absolute Gasteiger partial charge is 0.0784 e. The van der Waals surface area contributed by atoms with Gasteiger partial charge in [-0.25, -0.2) is 0 Å². The van der Waals surface area contributed by atoms with Crippen molar-refractivity contribution in [2.75, 3.05) is 13.1 Å². The first-order valence-corrected chi connectivity index (χ1v) is 6.21. The molecule has 2 N–H and O–H groups in total. The van der Waals surface area contributed by atoms with Crippen molar-refractivity contribution in [2.45, 2.75) is 52.5 Å². The summed E-state index contributed by atoms with van der Waals surface area (Å²) in [6.07, 6.45) is 3.69. The van der Waals surface area contributed by atoms with Crippen LogP contribution in [0.2, 0.25) is 0 Å². The standard InChI is InChI=1S/C12H24N2S/c1-11(2,10(13)15)7-9-14-8-5-6-12(14,3)4/h5-9H2,1-4H3,(H2,13,15). The topological polar surface area (TPSA) is 29.3 Å². The molecule has 0 atom stereocenters. The maximum atomic E-state index is 5.74. The molecule has 0 radical (unpaired) electrons. The Kier molecular flexibility index (Phi) is 3.77. The summed E-state index contributed by atoms with van der Waals surface area (Å²) in [5.74, 6) is 0. The summed E-state index contributed by atoms with van der Waals surface area (Å²) in [4.78, 5) is 3.20. The highest BCUT2D eigenvalue weighted by Crippen LogP contribution is 2.30. The van der Waals surface area contributed by atoms with Gasteiger partial charge in [-0.2, -0.15) is 0 Å². The molecule has 1 rings (SSSR count). The highest BCUT2D eigenvalue weighted by molar-refractivity contribution is 7.80. The van der Waals surface area contributed by atoms with Gasteiger partial charge in [-0.15, -0.1) is 0 Å². The Morgan fingerprint density at radius 3 is 2.47 bits per heavy atom. The van der Waals surface area contributed by atoms with Crippen LogP contribution >= 0.6 is 12.2 Å². The highest BCUT2D eigenvalue weighted by atomic mass is 32.1. The Morgan fingerprint density at radius 2 is 2.07 bits per heavy atom.